The molecule has 0 radical (unpaired) electrons. The van der Waals surface area contributed by atoms with Crippen LogP contribution in [0.3, 0.4) is 0 Å². The number of aryl methyl sites for hydroxylation is 1. The zero-order chi connectivity index (χ0) is 15.5. The summed E-state index contributed by atoms with van der Waals surface area (Å²) in [5, 5.41) is 9.82. The van der Waals surface area contributed by atoms with Gasteiger partial charge in [-0.2, -0.15) is 4.99 Å². The molecule has 0 aliphatic carbocycles. The number of thioether (sulfide) groups is 1. The molecule has 0 atom stereocenters. The van der Waals surface area contributed by atoms with Gasteiger partial charge in [0.1, 0.15) is 10.8 Å². The van der Waals surface area contributed by atoms with Gasteiger partial charge >= 0.3 is 0 Å². The molecular weight excluding hydrogens is 320 g/mol. The lowest BCUT2D eigenvalue weighted by Crippen LogP contribution is -2.29. The maximum atomic E-state index is 12.5. The minimum atomic E-state index is -0.124. The number of amidine groups is 1. The first kappa shape index (κ1) is 14.7. The average molecular weight is 332 g/mol. The fraction of sp³-hybridized carbons (Fsp3) is 0.143. The quantitative estimate of drug-likeness (QED) is 0.635. The number of hydrogen-bond donors (Lipinski definition) is 0. The maximum Gasteiger partial charge on any atom is 0.267 e. The minimum absolute atomic E-state index is 0.124. The summed E-state index contributed by atoms with van der Waals surface area (Å²) >= 11 is 2.67. The second-order valence-electron chi connectivity index (χ2n) is 4.33. The summed E-state index contributed by atoms with van der Waals surface area (Å²) in [4.78, 5) is 19.0. The number of furan rings is 1. The molecule has 1 aliphatic heterocycles. The zero-order valence-corrected chi connectivity index (χ0v) is 13.4. The van der Waals surface area contributed by atoms with Gasteiger partial charge in [-0.1, -0.05) is 17.4 Å². The number of rotatable bonds is 4. The summed E-state index contributed by atoms with van der Waals surface area (Å²) in [7, 11) is 0. The van der Waals surface area contributed by atoms with Crippen molar-refractivity contribution in [1.29, 1.82) is 0 Å². The van der Waals surface area contributed by atoms with Crippen LogP contribution in [-0.4, -0.2) is 32.7 Å². The van der Waals surface area contributed by atoms with Crippen molar-refractivity contribution in [2.24, 2.45) is 4.99 Å². The van der Waals surface area contributed by atoms with E-state index in [4.69, 9.17) is 4.42 Å². The lowest BCUT2D eigenvalue weighted by Gasteiger charge is -2.11. The van der Waals surface area contributed by atoms with Crippen LogP contribution < -0.4 is 0 Å². The summed E-state index contributed by atoms with van der Waals surface area (Å²) in [5.74, 6) is 0.503. The van der Waals surface area contributed by atoms with Crippen molar-refractivity contribution in [1.82, 2.24) is 15.1 Å². The van der Waals surface area contributed by atoms with Gasteiger partial charge in [0.2, 0.25) is 5.13 Å². The maximum absolute atomic E-state index is 12.5. The first-order chi connectivity index (χ1) is 10.7. The molecule has 1 saturated heterocycles. The number of carbonyl (C=O) groups is 1. The van der Waals surface area contributed by atoms with Crippen molar-refractivity contribution in [3.05, 3.63) is 46.7 Å². The molecule has 8 heteroatoms. The molecule has 0 saturated carbocycles. The molecule has 0 spiro atoms. The van der Waals surface area contributed by atoms with Crippen LogP contribution in [0.2, 0.25) is 0 Å². The Labute approximate surface area is 135 Å². The number of hydrogen-bond acceptors (Lipinski definition) is 7. The number of aliphatic imine (C=N–C) groups is 1. The molecule has 2 aromatic rings. The smallest absolute Gasteiger partial charge is 0.267 e. The molecule has 22 heavy (non-hydrogen) atoms. The highest BCUT2D eigenvalue weighted by Gasteiger charge is 2.33. The number of amides is 1. The van der Waals surface area contributed by atoms with Gasteiger partial charge in [-0.3, -0.25) is 9.69 Å². The van der Waals surface area contributed by atoms with Crippen molar-refractivity contribution >= 4 is 45.4 Å². The monoisotopic (exact) mass is 332 g/mol. The molecule has 3 heterocycles. The third-order valence-electron chi connectivity index (χ3n) is 2.72. The standard InChI is InChI=1S/C14H12N4O2S2/c1-3-6-18-12(19)11(8-10-5-4-7-20-10)22-14(18)15-13-17-16-9(2)21-13/h3-5,7-8H,1,6H2,2H3/b11-8+,15-14?. The van der Waals surface area contributed by atoms with Crippen LogP contribution in [-0.2, 0) is 4.79 Å². The molecule has 1 aliphatic rings. The van der Waals surface area contributed by atoms with E-state index in [0.717, 1.165) is 5.01 Å². The van der Waals surface area contributed by atoms with Gasteiger partial charge in [0.15, 0.2) is 5.17 Å². The summed E-state index contributed by atoms with van der Waals surface area (Å²) in [6, 6.07) is 3.57. The van der Waals surface area contributed by atoms with Crippen molar-refractivity contribution in [3.8, 4) is 0 Å². The molecule has 1 amide bonds. The highest BCUT2D eigenvalue weighted by Crippen LogP contribution is 2.34. The van der Waals surface area contributed by atoms with Gasteiger partial charge in [0, 0.05) is 12.6 Å². The van der Waals surface area contributed by atoms with Crippen LogP contribution in [0.4, 0.5) is 5.13 Å². The van der Waals surface area contributed by atoms with E-state index >= 15 is 0 Å². The van der Waals surface area contributed by atoms with Crippen LogP contribution >= 0.6 is 23.1 Å². The van der Waals surface area contributed by atoms with E-state index in [1.165, 1.54) is 23.1 Å². The van der Waals surface area contributed by atoms with Gasteiger partial charge in [-0.15, -0.1) is 16.8 Å². The molecule has 0 N–H and O–H groups in total. The van der Waals surface area contributed by atoms with E-state index in [9.17, 15) is 4.79 Å². The molecule has 1 fully saturated rings. The molecule has 3 rings (SSSR count). The number of carbonyl (C=O) groups excluding carboxylic acids is 1. The molecule has 0 aromatic carbocycles. The lowest BCUT2D eigenvalue weighted by molar-refractivity contribution is -0.121. The van der Waals surface area contributed by atoms with E-state index in [-0.39, 0.29) is 5.91 Å². The normalized spacial score (nSPS) is 18.6. The van der Waals surface area contributed by atoms with Crippen molar-refractivity contribution < 1.29 is 9.21 Å². The van der Waals surface area contributed by atoms with E-state index in [2.05, 4.69) is 21.8 Å². The predicted octanol–water partition coefficient (Wildman–Crippen LogP) is 3.23. The topological polar surface area (TPSA) is 71.6 Å². The lowest BCUT2D eigenvalue weighted by atomic mass is 10.3. The highest BCUT2D eigenvalue weighted by atomic mass is 32.2. The van der Waals surface area contributed by atoms with Crippen molar-refractivity contribution in [2.45, 2.75) is 6.92 Å². The number of nitrogens with zero attached hydrogens (tertiary/aromatic N) is 4. The fourth-order valence-electron chi connectivity index (χ4n) is 1.80. The summed E-state index contributed by atoms with van der Waals surface area (Å²) in [6.07, 6.45) is 4.93. The Morgan fingerprint density at radius 2 is 2.36 bits per heavy atom. The fourth-order valence-corrected chi connectivity index (χ4v) is 3.38. The Kier molecular flexibility index (Phi) is 4.21. The largest absolute Gasteiger partial charge is 0.465 e. The van der Waals surface area contributed by atoms with Gasteiger partial charge in [-0.05, 0) is 30.8 Å². The van der Waals surface area contributed by atoms with Crippen LogP contribution in [0.5, 0.6) is 0 Å². The van der Waals surface area contributed by atoms with Crippen molar-refractivity contribution in [3.63, 3.8) is 0 Å². The Morgan fingerprint density at radius 3 is 3.00 bits per heavy atom. The molecule has 0 unspecified atom stereocenters. The van der Waals surface area contributed by atoms with Crippen molar-refractivity contribution in [2.75, 3.05) is 6.54 Å². The third-order valence-corrected chi connectivity index (χ3v) is 4.46. The first-order valence-electron chi connectivity index (χ1n) is 6.42. The van der Waals surface area contributed by atoms with Crippen LogP contribution in [0.1, 0.15) is 10.8 Å². The van der Waals surface area contributed by atoms with Gasteiger partial charge < -0.3 is 4.42 Å². The molecule has 0 bridgehead atoms. The predicted molar refractivity (Wildman–Crippen MR) is 87.9 cm³/mol. The first-order valence-corrected chi connectivity index (χ1v) is 8.05. The van der Waals surface area contributed by atoms with Crippen LogP contribution in [0, 0.1) is 6.92 Å². The minimum Gasteiger partial charge on any atom is -0.465 e. The second-order valence-corrected chi connectivity index (χ2v) is 6.50. The summed E-state index contributed by atoms with van der Waals surface area (Å²) in [5.41, 5.74) is 0. The van der Waals surface area contributed by atoms with E-state index in [1.807, 2.05) is 6.92 Å². The Morgan fingerprint density at radius 1 is 1.50 bits per heavy atom. The van der Waals surface area contributed by atoms with Crippen LogP contribution in [0.15, 0.2) is 45.4 Å². The Bertz CT molecular complexity index is 762. The number of aromatic nitrogens is 2. The Hall–Kier alpha value is -2.19. The highest BCUT2D eigenvalue weighted by molar-refractivity contribution is 8.18. The van der Waals surface area contributed by atoms with E-state index in [0.29, 0.717) is 27.5 Å². The van der Waals surface area contributed by atoms with E-state index < -0.39 is 0 Å². The van der Waals surface area contributed by atoms with Gasteiger partial charge in [0.05, 0.1) is 11.2 Å². The second kappa shape index (κ2) is 6.29. The zero-order valence-electron chi connectivity index (χ0n) is 11.7. The molecular formula is C14H12N4O2S2. The van der Waals surface area contributed by atoms with Crippen LogP contribution in [0.25, 0.3) is 6.08 Å². The van der Waals surface area contributed by atoms with E-state index in [1.54, 1.807) is 35.4 Å². The summed E-state index contributed by atoms with van der Waals surface area (Å²) in [6.45, 7) is 5.93. The SMILES string of the molecule is C=CCN1C(=O)/C(=C\c2ccco2)SC1=Nc1nnc(C)s1. The third kappa shape index (κ3) is 3.02. The summed E-state index contributed by atoms with van der Waals surface area (Å²) < 4.78 is 5.26. The Balaban J connectivity index is 1.93. The molecule has 112 valence electrons. The van der Waals surface area contributed by atoms with Gasteiger partial charge in [0.25, 0.3) is 5.91 Å². The average Bonchev–Trinajstić information content (AvgIpc) is 3.19. The van der Waals surface area contributed by atoms with Gasteiger partial charge in [-0.25, -0.2) is 0 Å². The molecule has 2 aromatic heterocycles. The molecule has 6 nitrogen and oxygen atoms in total.